The minimum absolute atomic E-state index is 0.0490. The number of ether oxygens (including phenoxy) is 1. The van der Waals surface area contributed by atoms with E-state index < -0.39 is 38.9 Å². The van der Waals surface area contributed by atoms with Crippen LogP contribution in [-0.4, -0.2) is 80.2 Å². The lowest BCUT2D eigenvalue weighted by Crippen LogP contribution is -2.52. The maximum absolute atomic E-state index is 14.4. The number of aliphatic hydroxyl groups is 1. The van der Waals surface area contributed by atoms with Crippen LogP contribution in [0.25, 0.3) is 5.76 Å². The fraction of sp³-hybridized carbons (Fsp3) is 0.452. The largest absolute Gasteiger partial charge is 0.507 e. The third kappa shape index (κ3) is 4.73. The molecule has 3 aliphatic heterocycles. The number of sulfonamides is 1. The number of fused-ring (bicyclic) bond motifs is 2. The lowest BCUT2D eigenvalue weighted by atomic mass is 9.82. The molecule has 3 heterocycles. The molecule has 10 nitrogen and oxygen atoms in total. The van der Waals surface area contributed by atoms with Crippen molar-refractivity contribution < 1.29 is 32.6 Å². The number of Topliss-reactive ketones (excluding diaryl/α,β-unsaturated/α-hetero) is 1. The van der Waals surface area contributed by atoms with Crippen LogP contribution < -0.4 is 4.90 Å². The van der Waals surface area contributed by atoms with Gasteiger partial charge in [0.25, 0.3) is 17.6 Å². The highest BCUT2D eigenvalue weighted by molar-refractivity contribution is 7.89. The first-order valence-corrected chi connectivity index (χ1v) is 16.0. The molecule has 2 amide bonds. The van der Waals surface area contributed by atoms with E-state index >= 15 is 0 Å². The summed E-state index contributed by atoms with van der Waals surface area (Å²) in [6.07, 6.45) is 5.10. The third-order valence-corrected chi connectivity index (χ3v) is 10.3. The Morgan fingerprint density at radius 3 is 2.26 bits per heavy atom. The number of anilines is 1. The molecule has 0 saturated carbocycles. The molecule has 224 valence electrons. The molecule has 2 fully saturated rings. The number of carbonyl (C=O) groups is 3. The highest BCUT2D eigenvalue weighted by Crippen LogP contribution is 2.53. The summed E-state index contributed by atoms with van der Waals surface area (Å²) in [6.45, 7) is 3.31. The molecule has 1 N–H and O–H groups in total. The molecule has 2 aromatic rings. The van der Waals surface area contributed by atoms with Crippen LogP contribution >= 0.6 is 0 Å². The van der Waals surface area contributed by atoms with Crippen LogP contribution in [0.4, 0.5) is 5.69 Å². The van der Waals surface area contributed by atoms with Gasteiger partial charge in [0, 0.05) is 44.4 Å². The van der Waals surface area contributed by atoms with Crippen molar-refractivity contribution >= 4 is 39.1 Å². The Bertz CT molecular complexity index is 1510. The second kappa shape index (κ2) is 12.0. The second-order valence-corrected chi connectivity index (χ2v) is 12.8. The van der Waals surface area contributed by atoms with Gasteiger partial charge in [-0.25, -0.2) is 8.42 Å². The zero-order valence-corrected chi connectivity index (χ0v) is 24.9. The molecule has 0 aliphatic carbocycles. The van der Waals surface area contributed by atoms with E-state index in [9.17, 15) is 27.9 Å². The van der Waals surface area contributed by atoms with Crippen molar-refractivity contribution in [1.29, 1.82) is 0 Å². The molecule has 0 bridgehead atoms. The predicted molar refractivity (Wildman–Crippen MR) is 157 cm³/mol. The number of benzene rings is 2. The SMILES string of the molecule is CCCCN1C(=O)C2(/C(=C(/O)c3ccc(S(=O)(=O)N4CCCCCC4)cc3)C(=O)C(=O)N2CCOC)c2ccccc21. The lowest BCUT2D eigenvalue weighted by molar-refractivity contribution is -0.144. The van der Waals surface area contributed by atoms with Crippen molar-refractivity contribution in [2.45, 2.75) is 55.9 Å². The maximum atomic E-state index is 14.4. The summed E-state index contributed by atoms with van der Waals surface area (Å²) in [5.74, 6) is -2.92. The average Bonchev–Trinajstić information content (AvgIpc) is 3.20. The number of rotatable bonds is 9. The fourth-order valence-corrected chi connectivity index (χ4v) is 7.76. The smallest absolute Gasteiger partial charge is 0.296 e. The number of ketones is 1. The van der Waals surface area contributed by atoms with Gasteiger partial charge in [-0.1, -0.05) is 44.4 Å². The summed E-state index contributed by atoms with van der Waals surface area (Å²) < 4.78 is 33.3. The number of para-hydroxylation sites is 1. The number of aliphatic hydroxyl groups excluding tert-OH is 1. The number of nitrogens with zero attached hydrogens (tertiary/aromatic N) is 3. The minimum atomic E-state index is -3.74. The van der Waals surface area contributed by atoms with Crippen LogP contribution in [0, 0.1) is 0 Å². The van der Waals surface area contributed by atoms with Gasteiger partial charge >= 0.3 is 0 Å². The Kier molecular flexibility index (Phi) is 8.54. The van der Waals surface area contributed by atoms with Crippen LogP contribution in [0.2, 0.25) is 0 Å². The molecule has 0 radical (unpaired) electrons. The van der Waals surface area contributed by atoms with Crippen molar-refractivity contribution in [3.63, 3.8) is 0 Å². The molecule has 42 heavy (non-hydrogen) atoms. The molecule has 3 aliphatic rings. The number of likely N-dealkylation sites (tertiary alicyclic amines) is 1. The van der Waals surface area contributed by atoms with Crippen LogP contribution in [-0.2, 0) is 34.7 Å². The first-order chi connectivity index (χ1) is 20.2. The van der Waals surface area contributed by atoms with Crippen LogP contribution in [0.15, 0.2) is 59.0 Å². The first kappa shape index (κ1) is 29.9. The minimum Gasteiger partial charge on any atom is -0.507 e. The number of hydrogen-bond acceptors (Lipinski definition) is 7. The van der Waals surface area contributed by atoms with E-state index in [1.165, 1.54) is 40.6 Å². The van der Waals surface area contributed by atoms with Gasteiger partial charge in [0.1, 0.15) is 5.76 Å². The first-order valence-electron chi connectivity index (χ1n) is 14.5. The van der Waals surface area contributed by atoms with Gasteiger partial charge in [-0.2, -0.15) is 4.31 Å². The normalized spacial score (nSPS) is 22.7. The van der Waals surface area contributed by atoms with Crippen LogP contribution in [0.5, 0.6) is 0 Å². The molecule has 2 saturated heterocycles. The van der Waals surface area contributed by atoms with Gasteiger partial charge in [0.15, 0.2) is 5.54 Å². The van der Waals surface area contributed by atoms with E-state index in [2.05, 4.69) is 0 Å². The highest BCUT2D eigenvalue weighted by Gasteiger charge is 2.66. The van der Waals surface area contributed by atoms with Gasteiger partial charge in [-0.15, -0.1) is 0 Å². The third-order valence-electron chi connectivity index (χ3n) is 8.39. The van der Waals surface area contributed by atoms with Gasteiger partial charge in [0.2, 0.25) is 10.0 Å². The quantitative estimate of drug-likeness (QED) is 0.267. The molecule has 2 aromatic carbocycles. The molecular weight excluding hydrogens is 558 g/mol. The van der Waals surface area contributed by atoms with Gasteiger partial charge in [0.05, 0.1) is 22.8 Å². The Morgan fingerprint density at radius 2 is 1.62 bits per heavy atom. The lowest BCUT2D eigenvalue weighted by Gasteiger charge is -2.34. The van der Waals surface area contributed by atoms with E-state index in [1.807, 2.05) is 6.92 Å². The molecule has 1 unspecified atom stereocenters. The number of methoxy groups -OCH3 is 1. The number of unbranched alkanes of at least 4 members (excludes halogenated alkanes) is 1. The molecule has 11 heteroatoms. The number of hydrogen-bond donors (Lipinski definition) is 1. The van der Waals surface area contributed by atoms with E-state index in [1.54, 1.807) is 29.2 Å². The summed E-state index contributed by atoms with van der Waals surface area (Å²) in [4.78, 5) is 44.4. The standard InChI is InChI=1S/C31H37N3O7S/c1-3-4-19-33-25-12-8-7-11-24(25)31(30(33)38)26(28(36)29(37)34(31)20-21-41-2)27(35)22-13-15-23(16-14-22)42(39,40)32-17-9-5-6-10-18-32/h7-8,11-16,35H,3-6,9-10,17-21H2,1-2H3/b27-26+. The van der Waals surface area contributed by atoms with E-state index in [0.717, 1.165) is 32.1 Å². The van der Waals surface area contributed by atoms with Crippen molar-refractivity contribution in [3.8, 4) is 0 Å². The van der Waals surface area contributed by atoms with Crippen molar-refractivity contribution in [1.82, 2.24) is 9.21 Å². The van der Waals surface area contributed by atoms with Crippen LogP contribution in [0.3, 0.4) is 0 Å². The summed E-state index contributed by atoms with van der Waals surface area (Å²) >= 11 is 0. The summed E-state index contributed by atoms with van der Waals surface area (Å²) in [5.41, 5.74) is -1.07. The molecule has 1 spiro atoms. The zero-order valence-electron chi connectivity index (χ0n) is 24.0. The van der Waals surface area contributed by atoms with Gasteiger partial charge in [-0.3, -0.25) is 14.4 Å². The van der Waals surface area contributed by atoms with E-state index in [-0.39, 0.29) is 29.2 Å². The van der Waals surface area contributed by atoms with Crippen LogP contribution in [0.1, 0.15) is 56.6 Å². The molecule has 1 atom stereocenters. The maximum Gasteiger partial charge on any atom is 0.296 e. The topological polar surface area (TPSA) is 125 Å². The van der Waals surface area contributed by atoms with Crippen molar-refractivity contribution in [3.05, 3.63) is 65.2 Å². The molecule has 0 aromatic heterocycles. The van der Waals surface area contributed by atoms with Crippen molar-refractivity contribution in [2.24, 2.45) is 0 Å². The number of amides is 2. The zero-order chi connectivity index (χ0) is 30.1. The van der Waals surface area contributed by atoms with Gasteiger partial charge < -0.3 is 19.6 Å². The monoisotopic (exact) mass is 595 g/mol. The second-order valence-electron chi connectivity index (χ2n) is 10.9. The number of carbonyl (C=O) groups excluding carboxylic acids is 3. The van der Waals surface area contributed by atoms with Crippen molar-refractivity contribution in [2.75, 3.05) is 44.8 Å². The summed E-state index contributed by atoms with van der Waals surface area (Å²) in [7, 11) is -2.28. The summed E-state index contributed by atoms with van der Waals surface area (Å²) in [6, 6.07) is 12.6. The summed E-state index contributed by atoms with van der Waals surface area (Å²) in [5, 5.41) is 11.7. The predicted octanol–water partition coefficient (Wildman–Crippen LogP) is 3.62. The van der Waals surface area contributed by atoms with E-state index in [4.69, 9.17) is 4.74 Å². The Hall–Kier alpha value is -3.54. The fourth-order valence-electron chi connectivity index (χ4n) is 6.25. The Labute approximate surface area is 246 Å². The Morgan fingerprint density at radius 1 is 0.952 bits per heavy atom. The highest BCUT2D eigenvalue weighted by atomic mass is 32.2. The Balaban J connectivity index is 1.64. The van der Waals surface area contributed by atoms with Gasteiger partial charge in [-0.05, 0) is 49.6 Å². The molecular formula is C31H37N3O7S. The molecule has 5 rings (SSSR count). The van der Waals surface area contributed by atoms with E-state index in [0.29, 0.717) is 37.3 Å². The average molecular weight is 596 g/mol.